The molecule has 182 valence electrons. The van der Waals surface area contributed by atoms with Crippen molar-refractivity contribution in [3.05, 3.63) is 114 Å². The summed E-state index contributed by atoms with van der Waals surface area (Å²) in [7, 11) is 0. The minimum absolute atomic E-state index is 0.0819. The van der Waals surface area contributed by atoms with E-state index in [4.69, 9.17) is 0 Å². The van der Waals surface area contributed by atoms with Crippen LogP contribution < -0.4 is 0 Å². The topological polar surface area (TPSA) is 52.2 Å². The van der Waals surface area contributed by atoms with E-state index in [9.17, 15) is 4.79 Å². The van der Waals surface area contributed by atoms with Crippen LogP contribution in [-0.4, -0.2) is 30.7 Å². The van der Waals surface area contributed by atoms with Gasteiger partial charge in [-0.3, -0.25) is 9.20 Å². The Hall–Kier alpha value is -4.16. The van der Waals surface area contributed by atoms with Gasteiger partial charge in [-0.2, -0.15) is 0 Å². The van der Waals surface area contributed by atoms with Gasteiger partial charge in [-0.25, -0.2) is 0 Å². The third-order valence-corrected chi connectivity index (χ3v) is 7.80. The van der Waals surface area contributed by atoms with Crippen LogP contribution in [0.25, 0.3) is 33.4 Å². The van der Waals surface area contributed by atoms with Gasteiger partial charge in [-0.15, -0.1) is 10.2 Å². The Bertz CT molecular complexity index is 1770. The lowest BCUT2D eigenvalue weighted by Gasteiger charge is -2.11. The van der Waals surface area contributed by atoms with Crippen molar-refractivity contribution >= 4 is 34.1 Å². The van der Waals surface area contributed by atoms with E-state index in [1.165, 1.54) is 22.9 Å². The lowest BCUT2D eigenvalue weighted by atomic mass is 10.1. The predicted molar refractivity (Wildman–Crippen MR) is 151 cm³/mol. The largest absolute Gasteiger partial charge is 0.318 e. The van der Waals surface area contributed by atoms with E-state index in [2.05, 4.69) is 70.2 Å². The van der Waals surface area contributed by atoms with Gasteiger partial charge in [0, 0.05) is 28.0 Å². The zero-order valence-corrected chi connectivity index (χ0v) is 21.8. The molecule has 0 aliphatic rings. The zero-order chi connectivity index (χ0) is 25.5. The van der Waals surface area contributed by atoms with Crippen LogP contribution in [0.15, 0.2) is 96.2 Å². The first-order chi connectivity index (χ1) is 18.0. The summed E-state index contributed by atoms with van der Waals surface area (Å²) in [5.74, 6) is 0.374. The number of fused-ring (bicyclic) bond motifs is 3. The number of carbonyl (C=O) groups excluding carboxylic acids is 1. The van der Waals surface area contributed by atoms with Crippen LogP contribution in [0.3, 0.4) is 0 Å². The molecular weight excluding hydrogens is 476 g/mol. The van der Waals surface area contributed by atoms with Gasteiger partial charge in [0.1, 0.15) is 0 Å². The number of ketones is 1. The number of aryl methyl sites for hydroxylation is 2. The van der Waals surface area contributed by atoms with E-state index in [0.717, 1.165) is 49.9 Å². The monoisotopic (exact) mass is 502 g/mol. The Morgan fingerprint density at radius 2 is 1.51 bits per heavy atom. The van der Waals surface area contributed by atoms with Crippen LogP contribution in [0.5, 0.6) is 0 Å². The van der Waals surface area contributed by atoms with Crippen molar-refractivity contribution in [2.45, 2.75) is 25.9 Å². The van der Waals surface area contributed by atoms with E-state index < -0.39 is 0 Å². The Balaban J connectivity index is 1.26. The number of nitrogens with zero attached hydrogens (tertiary/aromatic N) is 4. The van der Waals surface area contributed by atoms with Gasteiger partial charge < -0.3 is 4.57 Å². The molecule has 0 aliphatic heterocycles. The van der Waals surface area contributed by atoms with Crippen molar-refractivity contribution in [1.82, 2.24) is 19.2 Å². The van der Waals surface area contributed by atoms with E-state index in [1.54, 1.807) is 0 Å². The maximum absolute atomic E-state index is 13.4. The number of rotatable bonds is 6. The van der Waals surface area contributed by atoms with Gasteiger partial charge in [-0.1, -0.05) is 72.4 Å². The van der Waals surface area contributed by atoms with Crippen molar-refractivity contribution in [2.24, 2.45) is 0 Å². The van der Waals surface area contributed by atoms with Crippen molar-refractivity contribution in [3.8, 4) is 16.8 Å². The molecule has 0 fully saturated rings. The average Bonchev–Trinajstić information content (AvgIpc) is 3.47. The molecule has 5 nitrogen and oxygen atoms in total. The number of pyridine rings is 1. The van der Waals surface area contributed by atoms with Crippen molar-refractivity contribution in [3.63, 3.8) is 0 Å². The van der Waals surface area contributed by atoms with Gasteiger partial charge in [0.25, 0.3) is 0 Å². The van der Waals surface area contributed by atoms with Crippen LogP contribution in [-0.2, 0) is 0 Å². The van der Waals surface area contributed by atoms with Crippen molar-refractivity contribution in [1.29, 1.82) is 0 Å². The van der Waals surface area contributed by atoms with Crippen LogP contribution in [0.2, 0.25) is 0 Å². The Morgan fingerprint density at radius 1 is 0.811 bits per heavy atom. The molecule has 3 aromatic heterocycles. The SMILES string of the molecule is Cc1cc2nnc(SCC(=O)c3cc(C)n(-c4ccc(-c5ccccc5)cc4)c3C)n2c2ccccc12. The highest BCUT2D eigenvalue weighted by atomic mass is 32.2. The molecule has 0 radical (unpaired) electrons. The van der Waals surface area contributed by atoms with Crippen LogP contribution in [0.1, 0.15) is 27.3 Å². The average molecular weight is 503 g/mol. The standard InChI is InChI=1S/C31H26N4OS/c1-20-17-30-32-33-31(35(30)28-12-8-7-11-26(20)28)37-19-29(36)27-18-21(2)34(22(27)3)25-15-13-24(14-16-25)23-9-5-4-6-10-23/h4-18H,19H2,1-3H3. The van der Waals surface area contributed by atoms with E-state index in [-0.39, 0.29) is 5.78 Å². The molecule has 0 bridgehead atoms. The van der Waals surface area contributed by atoms with E-state index in [0.29, 0.717) is 5.75 Å². The van der Waals surface area contributed by atoms with E-state index >= 15 is 0 Å². The number of aromatic nitrogens is 4. The summed E-state index contributed by atoms with van der Waals surface area (Å²) in [5, 5.41) is 10.6. The first-order valence-corrected chi connectivity index (χ1v) is 13.2. The number of hydrogen-bond donors (Lipinski definition) is 0. The maximum Gasteiger partial charge on any atom is 0.196 e. The molecule has 3 aromatic carbocycles. The van der Waals surface area contributed by atoms with E-state index in [1.807, 2.05) is 60.7 Å². The summed E-state index contributed by atoms with van der Waals surface area (Å²) >= 11 is 1.43. The molecule has 6 rings (SSSR count). The summed E-state index contributed by atoms with van der Waals surface area (Å²) in [6.45, 7) is 6.14. The second kappa shape index (κ2) is 9.37. The molecule has 0 atom stereocenters. The smallest absolute Gasteiger partial charge is 0.196 e. The second-order valence-corrected chi connectivity index (χ2v) is 10.2. The fourth-order valence-electron chi connectivity index (χ4n) is 5.05. The minimum atomic E-state index is 0.0819. The molecule has 0 spiro atoms. The Kier molecular flexibility index (Phi) is 5.89. The minimum Gasteiger partial charge on any atom is -0.318 e. The second-order valence-electron chi connectivity index (χ2n) is 9.27. The summed E-state index contributed by atoms with van der Waals surface area (Å²) in [6, 6.07) is 31.1. The molecule has 37 heavy (non-hydrogen) atoms. The third kappa shape index (κ3) is 4.13. The molecule has 3 heterocycles. The fourth-order valence-corrected chi connectivity index (χ4v) is 5.89. The number of thioether (sulfide) groups is 1. The zero-order valence-electron chi connectivity index (χ0n) is 21.0. The Labute approximate surface area is 219 Å². The molecule has 0 saturated heterocycles. The van der Waals surface area contributed by atoms with Gasteiger partial charge in [-0.05, 0) is 67.8 Å². The number of para-hydroxylation sites is 1. The molecule has 0 amide bonds. The molecule has 6 heteroatoms. The molecule has 0 aliphatic carbocycles. The van der Waals surface area contributed by atoms with Gasteiger partial charge in [0.15, 0.2) is 16.6 Å². The highest BCUT2D eigenvalue weighted by Gasteiger charge is 2.19. The van der Waals surface area contributed by atoms with Gasteiger partial charge >= 0.3 is 0 Å². The predicted octanol–water partition coefficient (Wildman–Crippen LogP) is 7.24. The lowest BCUT2D eigenvalue weighted by Crippen LogP contribution is -2.06. The first kappa shape index (κ1) is 23.3. The molecule has 0 N–H and O–H groups in total. The van der Waals surface area contributed by atoms with Crippen molar-refractivity contribution < 1.29 is 4.79 Å². The highest BCUT2D eigenvalue weighted by Crippen LogP contribution is 2.28. The van der Waals surface area contributed by atoms with Gasteiger partial charge in [0.2, 0.25) is 0 Å². The number of carbonyl (C=O) groups is 1. The number of Topliss-reactive ketones (excluding diaryl/α,β-unsaturated/α-hetero) is 1. The normalized spacial score (nSPS) is 11.4. The van der Waals surface area contributed by atoms with Crippen LogP contribution in [0.4, 0.5) is 0 Å². The van der Waals surface area contributed by atoms with Crippen LogP contribution in [0, 0.1) is 20.8 Å². The third-order valence-electron chi connectivity index (χ3n) is 6.87. The quantitative estimate of drug-likeness (QED) is 0.178. The summed E-state index contributed by atoms with van der Waals surface area (Å²) < 4.78 is 4.19. The molecule has 6 aromatic rings. The highest BCUT2D eigenvalue weighted by molar-refractivity contribution is 7.99. The van der Waals surface area contributed by atoms with Crippen molar-refractivity contribution in [2.75, 3.05) is 5.75 Å². The summed E-state index contributed by atoms with van der Waals surface area (Å²) in [4.78, 5) is 13.4. The first-order valence-electron chi connectivity index (χ1n) is 12.3. The fraction of sp³-hybridized carbons (Fsp3) is 0.129. The Morgan fingerprint density at radius 3 is 2.30 bits per heavy atom. The maximum atomic E-state index is 13.4. The summed E-state index contributed by atoms with van der Waals surface area (Å²) in [5.41, 5.74) is 9.13. The lowest BCUT2D eigenvalue weighted by molar-refractivity contribution is 0.102. The molecular formula is C31H26N4OS. The number of benzene rings is 3. The molecule has 0 unspecified atom stereocenters. The number of hydrogen-bond acceptors (Lipinski definition) is 4. The summed E-state index contributed by atoms with van der Waals surface area (Å²) in [6.07, 6.45) is 0. The van der Waals surface area contributed by atoms with Gasteiger partial charge in [0.05, 0.1) is 11.3 Å². The molecule has 0 saturated carbocycles. The van der Waals surface area contributed by atoms with Crippen LogP contribution >= 0.6 is 11.8 Å².